The molecule has 0 aromatic heterocycles. The van der Waals surface area contributed by atoms with Gasteiger partial charge in [-0.15, -0.1) is 0 Å². The van der Waals surface area contributed by atoms with Crippen molar-refractivity contribution in [2.75, 3.05) is 0 Å². The SMILES string of the molecule is CC(C)(C)[Si](C)(O)C(N)=O. The molecule has 1 unspecified atom stereocenters. The largest absolute Gasteiger partial charge is 0.424 e. The highest BCUT2D eigenvalue weighted by atomic mass is 28.4. The normalized spacial score (nSPS) is 18.1. The Morgan fingerprint density at radius 1 is 1.50 bits per heavy atom. The quantitative estimate of drug-likeness (QED) is 0.564. The van der Waals surface area contributed by atoms with Gasteiger partial charge in [0.2, 0.25) is 5.53 Å². The summed E-state index contributed by atoms with van der Waals surface area (Å²) < 4.78 is 0. The Morgan fingerprint density at radius 3 is 1.80 bits per heavy atom. The van der Waals surface area contributed by atoms with Crippen molar-refractivity contribution in [3.8, 4) is 0 Å². The Kier molecular flexibility index (Phi) is 2.27. The molecule has 0 rings (SSSR count). The summed E-state index contributed by atoms with van der Waals surface area (Å²) in [7, 11) is -2.84. The lowest BCUT2D eigenvalue weighted by molar-refractivity contribution is 0.259. The van der Waals surface area contributed by atoms with Gasteiger partial charge in [-0.05, 0) is 11.6 Å². The Labute approximate surface area is 62.4 Å². The average Bonchev–Trinajstić information content (AvgIpc) is 1.62. The predicted octanol–water partition coefficient (Wildman–Crippen LogP) is 1.01. The van der Waals surface area contributed by atoms with Crippen molar-refractivity contribution in [1.82, 2.24) is 0 Å². The van der Waals surface area contributed by atoms with Gasteiger partial charge in [0.1, 0.15) is 0 Å². The van der Waals surface area contributed by atoms with Crippen LogP contribution in [0.5, 0.6) is 0 Å². The van der Waals surface area contributed by atoms with E-state index >= 15 is 0 Å². The second kappa shape index (κ2) is 2.36. The van der Waals surface area contributed by atoms with E-state index < -0.39 is 13.8 Å². The molecule has 1 atom stereocenters. The molecule has 60 valence electrons. The molecule has 3 N–H and O–H groups in total. The van der Waals surface area contributed by atoms with Crippen LogP contribution >= 0.6 is 0 Å². The van der Waals surface area contributed by atoms with Crippen molar-refractivity contribution < 1.29 is 9.59 Å². The van der Waals surface area contributed by atoms with Gasteiger partial charge in [-0.3, -0.25) is 4.79 Å². The van der Waals surface area contributed by atoms with Crippen molar-refractivity contribution in [3.05, 3.63) is 0 Å². The maximum absolute atomic E-state index is 10.7. The first-order valence-corrected chi connectivity index (χ1v) is 5.66. The van der Waals surface area contributed by atoms with Crippen LogP contribution in [0.4, 0.5) is 4.79 Å². The summed E-state index contributed by atoms with van der Waals surface area (Å²) in [6.45, 7) is 7.04. The molecule has 0 radical (unpaired) electrons. The lowest BCUT2D eigenvalue weighted by atomic mass is 10.2. The Bertz CT molecular complexity index is 148. The summed E-state index contributed by atoms with van der Waals surface area (Å²) in [6, 6.07) is 0. The van der Waals surface area contributed by atoms with Gasteiger partial charge in [0.15, 0.2) is 0 Å². The number of amides is 1. The number of carbonyl (C=O) groups excluding carboxylic acids is 1. The number of hydrogen-bond acceptors (Lipinski definition) is 2. The van der Waals surface area contributed by atoms with Gasteiger partial charge in [0, 0.05) is 0 Å². The summed E-state index contributed by atoms with van der Waals surface area (Å²) >= 11 is 0. The van der Waals surface area contributed by atoms with Crippen LogP contribution in [0.1, 0.15) is 20.8 Å². The molecule has 4 heteroatoms. The summed E-state index contributed by atoms with van der Waals surface area (Å²) in [4.78, 5) is 20.3. The van der Waals surface area contributed by atoms with Gasteiger partial charge in [0.25, 0.3) is 8.32 Å². The zero-order valence-electron chi connectivity index (χ0n) is 6.93. The van der Waals surface area contributed by atoms with Crippen molar-refractivity contribution in [2.45, 2.75) is 32.4 Å². The fraction of sp³-hybridized carbons (Fsp3) is 0.833. The molecule has 0 spiro atoms. The molecule has 0 aliphatic carbocycles. The molecule has 0 saturated heterocycles. The molecule has 10 heavy (non-hydrogen) atoms. The van der Waals surface area contributed by atoms with Crippen molar-refractivity contribution in [1.29, 1.82) is 0 Å². The summed E-state index contributed by atoms with van der Waals surface area (Å²) in [5.74, 6) is 0. The van der Waals surface area contributed by atoms with Gasteiger partial charge in [-0.1, -0.05) is 20.8 Å². The first-order chi connectivity index (χ1) is 4.19. The van der Waals surface area contributed by atoms with E-state index in [9.17, 15) is 9.59 Å². The lowest BCUT2D eigenvalue weighted by Gasteiger charge is -2.30. The first kappa shape index (κ1) is 9.65. The maximum Gasteiger partial charge on any atom is 0.291 e. The lowest BCUT2D eigenvalue weighted by Crippen LogP contribution is -2.52. The smallest absolute Gasteiger partial charge is 0.291 e. The van der Waals surface area contributed by atoms with Crippen LogP contribution in [0.2, 0.25) is 11.6 Å². The average molecular weight is 161 g/mol. The zero-order valence-corrected chi connectivity index (χ0v) is 7.93. The van der Waals surface area contributed by atoms with Crippen LogP contribution in [-0.4, -0.2) is 18.6 Å². The Balaban J connectivity index is 4.57. The molecular formula is C6H15NO2Si. The monoisotopic (exact) mass is 161 g/mol. The summed E-state index contributed by atoms with van der Waals surface area (Å²) in [6.07, 6.45) is 0. The van der Waals surface area contributed by atoms with Crippen LogP contribution in [0.15, 0.2) is 0 Å². The van der Waals surface area contributed by atoms with Gasteiger partial charge >= 0.3 is 0 Å². The van der Waals surface area contributed by atoms with E-state index in [1.54, 1.807) is 6.55 Å². The van der Waals surface area contributed by atoms with E-state index in [2.05, 4.69) is 0 Å². The fourth-order valence-electron chi connectivity index (χ4n) is 0.370. The minimum atomic E-state index is -2.84. The fourth-order valence-corrected chi connectivity index (χ4v) is 1.11. The van der Waals surface area contributed by atoms with Crippen LogP contribution in [0.3, 0.4) is 0 Å². The van der Waals surface area contributed by atoms with E-state index in [-0.39, 0.29) is 5.04 Å². The molecule has 0 heterocycles. The van der Waals surface area contributed by atoms with Crippen LogP contribution in [0, 0.1) is 0 Å². The molecule has 0 aliphatic heterocycles. The van der Waals surface area contributed by atoms with Crippen LogP contribution < -0.4 is 5.73 Å². The molecule has 0 aromatic carbocycles. The zero-order chi connectivity index (χ0) is 8.58. The summed E-state index contributed by atoms with van der Waals surface area (Å²) in [5, 5.41) is -0.362. The third kappa shape index (κ3) is 1.57. The molecule has 0 aliphatic rings. The first-order valence-electron chi connectivity index (χ1n) is 3.22. The van der Waals surface area contributed by atoms with Crippen molar-refractivity contribution in [2.24, 2.45) is 5.73 Å². The minimum Gasteiger partial charge on any atom is -0.424 e. The topological polar surface area (TPSA) is 63.3 Å². The number of nitrogens with two attached hydrogens (primary N) is 1. The van der Waals surface area contributed by atoms with E-state index in [0.717, 1.165) is 0 Å². The molecule has 0 bridgehead atoms. The Morgan fingerprint density at radius 2 is 1.80 bits per heavy atom. The third-order valence-electron chi connectivity index (χ3n) is 1.94. The van der Waals surface area contributed by atoms with E-state index in [4.69, 9.17) is 5.73 Å². The van der Waals surface area contributed by atoms with E-state index in [0.29, 0.717) is 0 Å². The Hall–Kier alpha value is -0.353. The number of rotatable bonds is 1. The third-order valence-corrected chi connectivity index (χ3v) is 5.82. The second-order valence-corrected chi connectivity index (χ2v) is 7.82. The van der Waals surface area contributed by atoms with Crippen LogP contribution in [-0.2, 0) is 0 Å². The van der Waals surface area contributed by atoms with Crippen molar-refractivity contribution in [3.63, 3.8) is 0 Å². The van der Waals surface area contributed by atoms with Gasteiger partial charge < -0.3 is 10.5 Å². The standard InChI is InChI=1S/C6H15NO2Si/c1-6(2,3)10(4,9)5(7)8/h9H,1-4H3,(H2,7,8). The highest BCUT2D eigenvalue weighted by Gasteiger charge is 2.44. The maximum atomic E-state index is 10.7. The second-order valence-electron chi connectivity index (χ2n) is 3.69. The number of hydrogen-bond donors (Lipinski definition) is 2. The molecule has 0 saturated carbocycles. The molecule has 0 aromatic rings. The minimum absolute atomic E-state index is 0.362. The van der Waals surface area contributed by atoms with Gasteiger partial charge in [-0.2, -0.15) is 0 Å². The molecular weight excluding hydrogens is 146 g/mol. The highest BCUT2D eigenvalue weighted by molar-refractivity contribution is 7.01. The molecule has 0 fully saturated rings. The van der Waals surface area contributed by atoms with Crippen LogP contribution in [0.25, 0.3) is 0 Å². The van der Waals surface area contributed by atoms with E-state index in [1.165, 1.54) is 0 Å². The molecule has 1 amide bonds. The number of primary amides is 1. The highest BCUT2D eigenvalue weighted by Crippen LogP contribution is 2.33. The van der Waals surface area contributed by atoms with Gasteiger partial charge in [0.05, 0.1) is 0 Å². The molecule has 3 nitrogen and oxygen atoms in total. The van der Waals surface area contributed by atoms with Crippen molar-refractivity contribution >= 4 is 13.8 Å². The van der Waals surface area contributed by atoms with E-state index in [1.807, 2.05) is 20.8 Å². The number of carbonyl (C=O) groups is 1. The summed E-state index contributed by atoms with van der Waals surface area (Å²) in [5.41, 5.74) is 4.49. The predicted molar refractivity (Wildman–Crippen MR) is 43.1 cm³/mol. The van der Waals surface area contributed by atoms with Gasteiger partial charge in [-0.25, -0.2) is 0 Å².